The van der Waals surface area contributed by atoms with E-state index in [0.29, 0.717) is 23.0 Å². The molecule has 112 valence electrons. The van der Waals surface area contributed by atoms with Crippen LogP contribution in [-0.4, -0.2) is 30.2 Å². The van der Waals surface area contributed by atoms with Crippen LogP contribution in [0.3, 0.4) is 0 Å². The number of methoxy groups -OCH3 is 1. The van der Waals surface area contributed by atoms with Gasteiger partial charge in [-0.15, -0.1) is 0 Å². The van der Waals surface area contributed by atoms with Crippen molar-refractivity contribution in [2.45, 2.75) is 52.1 Å². The van der Waals surface area contributed by atoms with E-state index in [9.17, 15) is 5.11 Å². The highest BCUT2D eigenvalue weighted by Gasteiger charge is 2.28. The average Bonchev–Trinajstić information content (AvgIpc) is 2.40. The SMILES string of the molecule is COc1ccc(CN(C)C2CCC(C)(C)CC2)c(O)c1. The van der Waals surface area contributed by atoms with Crippen LogP contribution in [0.2, 0.25) is 0 Å². The lowest BCUT2D eigenvalue weighted by molar-refractivity contribution is 0.122. The van der Waals surface area contributed by atoms with Gasteiger partial charge in [-0.2, -0.15) is 0 Å². The Morgan fingerprint density at radius 1 is 1.30 bits per heavy atom. The van der Waals surface area contributed by atoms with E-state index in [-0.39, 0.29) is 0 Å². The first-order valence-electron chi connectivity index (χ1n) is 7.47. The highest BCUT2D eigenvalue weighted by atomic mass is 16.5. The van der Waals surface area contributed by atoms with Crippen LogP contribution in [0.4, 0.5) is 0 Å². The summed E-state index contributed by atoms with van der Waals surface area (Å²) in [6.45, 7) is 5.51. The second-order valence-electron chi connectivity index (χ2n) is 6.81. The summed E-state index contributed by atoms with van der Waals surface area (Å²) in [6.07, 6.45) is 5.08. The van der Waals surface area contributed by atoms with Crippen LogP contribution in [0.15, 0.2) is 18.2 Å². The molecule has 1 saturated carbocycles. The van der Waals surface area contributed by atoms with Gasteiger partial charge >= 0.3 is 0 Å². The summed E-state index contributed by atoms with van der Waals surface area (Å²) >= 11 is 0. The van der Waals surface area contributed by atoms with Crippen molar-refractivity contribution < 1.29 is 9.84 Å². The molecule has 1 aromatic rings. The summed E-state index contributed by atoms with van der Waals surface area (Å²) in [5.41, 5.74) is 1.47. The molecule has 1 aromatic carbocycles. The summed E-state index contributed by atoms with van der Waals surface area (Å²) in [7, 11) is 3.77. The van der Waals surface area contributed by atoms with Gasteiger partial charge in [-0.3, -0.25) is 4.90 Å². The lowest BCUT2D eigenvalue weighted by Crippen LogP contribution is -2.36. The van der Waals surface area contributed by atoms with Gasteiger partial charge in [-0.1, -0.05) is 19.9 Å². The number of phenolic OH excluding ortho intramolecular Hbond substituents is 1. The number of phenols is 1. The van der Waals surface area contributed by atoms with Crippen molar-refractivity contribution in [2.75, 3.05) is 14.2 Å². The van der Waals surface area contributed by atoms with Crippen molar-refractivity contribution in [2.24, 2.45) is 5.41 Å². The first-order chi connectivity index (χ1) is 9.41. The third kappa shape index (κ3) is 3.66. The summed E-state index contributed by atoms with van der Waals surface area (Å²) in [4.78, 5) is 2.37. The third-order valence-electron chi connectivity index (χ3n) is 4.64. The summed E-state index contributed by atoms with van der Waals surface area (Å²) in [6, 6.07) is 6.18. The predicted molar refractivity (Wildman–Crippen MR) is 82.2 cm³/mol. The molecule has 0 heterocycles. The Kier molecular flexibility index (Phi) is 4.59. The predicted octanol–water partition coefficient (Wildman–Crippen LogP) is 3.80. The normalized spacial score (nSPS) is 19.2. The van der Waals surface area contributed by atoms with Gasteiger partial charge in [0, 0.05) is 24.2 Å². The molecular weight excluding hydrogens is 250 g/mol. The first-order valence-corrected chi connectivity index (χ1v) is 7.47. The van der Waals surface area contributed by atoms with Crippen molar-refractivity contribution >= 4 is 0 Å². The molecule has 3 nitrogen and oxygen atoms in total. The molecule has 0 bridgehead atoms. The van der Waals surface area contributed by atoms with Crippen LogP contribution in [0.25, 0.3) is 0 Å². The molecule has 3 heteroatoms. The number of hydrogen-bond acceptors (Lipinski definition) is 3. The molecule has 0 spiro atoms. The number of nitrogens with zero attached hydrogens (tertiary/aromatic N) is 1. The smallest absolute Gasteiger partial charge is 0.123 e. The summed E-state index contributed by atoms with van der Waals surface area (Å²) in [5, 5.41) is 10.0. The lowest BCUT2D eigenvalue weighted by atomic mass is 9.75. The van der Waals surface area contributed by atoms with Crippen LogP contribution in [0.5, 0.6) is 11.5 Å². The van der Waals surface area contributed by atoms with Crippen molar-refractivity contribution in [3.05, 3.63) is 23.8 Å². The van der Waals surface area contributed by atoms with Crippen LogP contribution < -0.4 is 4.74 Å². The third-order valence-corrected chi connectivity index (χ3v) is 4.64. The first kappa shape index (κ1) is 15.2. The molecule has 1 aliphatic rings. The standard InChI is InChI=1S/C17H27NO2/c1-17(2)9-7-14(8-10-17)18(3)12-13-5-6-15(20-4)11-16(13)19/h5-6,11,14,19H,7-10,12H2,1-4H3. The number of rotatable bonds is 4. The maximum absolute atomic E-state index is 10.0. The van der Waals surface area contributed by atoms with Crippen molar-refractivity contribution in [1.82, 2.24) is 4.90 Å². The van der Waals surface area contributed by atoms with E-state index < -0.39 is 0 Å². The Hall–Kier alpha value is -1.22. The summed E-state index contributed by atoms with van der Waals surface area (Å²) in [5.74, 6) is 1.03. The van der Waals surface area contributed by atoms with E-state index in [0.717, 1.165) is 12.1 Å². The van der Waals surface area contributed by atoms with Gasteiger partial charge in [0.15, 0.2) is 0 Å². The molecule has 2 rings (SSSR count). The zero-order chi connectivity index (χ0) is 14.8. The van der Waals surface area contributed by atoms with E-state index >= 15 is 0 Å². The topological polar surface area (TPSA) is 32.7 Å². The van der Waals surface area contributed by atoms with E-state index in [1.165, 1.54) is 25.7 Å². The molecule has 1 aliphatic carbocycles. The van der Waals surface area contributed by atoms with Crippen molar-refractivity contribution in [3.8, 4) is 11.5 Å². The largest absolute Gasteiger partial charge is 0.507 e. The number of aromatic hydroxyl groups is 1. The van der Waals surface area contributed by atoms with Crippen LogP contribution in [0, 0.1) is 5.41 Å². The van der Waals surface area contributed by atoms with Gasteiger partial charge in [0.2, 0.25) is 0 Å². The van der Waals surface area contributed by atoms with Gasteiger partial charge in [0.1, 0.15) is 11.5 Å². The fourth-order valence-electron chi connectivity index (χ4n) is 3.03. The number of ether oxygens (including phenoxy) is 1. The zero-order valence-electron chi connectivity index (χ0n) is 13.1. The molecular formula is C17H27NO2. The van der Waals surface area contributed by atoms with E-state index in [1.54, 1.807) is 13.2 Å². The maximum atomic E-state index is 10.0. The van der Waals surface area contributed by atoms with Crippen LogP contribution in [0.1, 0.15) is 45.1 Å². The van der Waals surface area contributed by atoms with Crippen LogP contribution in [-0.2, 0) is 6.54 Å². The van der Waals surface area contributed by atoms with E-state index in [2.05, 4.69) is 25.8 Å². The van der Waals surface area contributed by atoms with Gasteiger partial charge in [0.05, 0.1) is 7.11 Å². The Balaban J connectivity index is 1.96. The number of benzene rings is 1. The maximum Gasteiger partial charge on any atom is 0.123 e. The molecule has 0 unspecified atom stereocenters. The molecule has 0 atom stereocenters. The van der Waals surface area contributed by atoms with Gasteiger partial charge in [0.25, 0.3) is 0 Å². The molecule has 1 N–H and O–H groups in total. The molecule has 1 fully saturated rings. The highest BCUT2D eigenvalue weighted by Crippen LogP contribution is 2.37. The Bertz CT molecular complexity index is 446. The second-order valence-corrected chi connectivity index (χ2v) is 6.81. The summed E-state index contributed by atoms with van der Waals surface area (Å²) < 4.78 is 5.12. The molecule has 0 saturated heterocycles. The minimum absolute atomic E-state index is 0.326. The minimum atomic E-state index is 0.326. The molecule has 20 heavy (non-hydrogen) atoms. The van der Waals surface area contributed by atoms with Gasteiger partial charge in [-0.05, 0) is 44.2 Å². The number of hydrogen-bond donors (Lipinski definition) is 1. The van der Waals surface area contributed by atoms with Crippen LogP contribution >= 0.6 is 0 Å². The minimum Gasteiger partial charge on any atom is -0.507 e. The lowest BCUT2D eigenvalue weighted by Gasteiger charge is -2.38. The Labute approximate surface area is 122 Å². The quantitative estimate of drug-likeness (QED) is 0.908. The van der Waals surface area contributed by atoms with Crippen molar-refractivity contribution in [1.29, 1.82) is 0 Å². The second kappa shape index (κ2) is 6.04. The average molecular weight is 277 g/mol. The fourth-order valence-corrected chi connectivity index (χ4v) is 3.03. The van der Waals surface area contributed by atoms with E-state index in [4.69, 9.17) is 4.74 Å². The van der Waals surface area contributed by atoms with Gasteiger partial charge in [-0.25, -0.2) is 0 Å². The Morgan fingerprint density at radius 2 is 1.95 bits per heavy atom. The van der Waals surface area contributed by atoms with Crippen molar-refractivity contribution in [3.63, 3.8) is 0 Å². The zero-order valence-corrected chi connectivity index (χ0v) is 13.1. The molecule has 0 aliphatic heterocycles. The highest BCUT2D eigenvalue weighted by molar-refractivity contribution is 5.39. The molecule has 0 amide bonds. The van der Waals surface area contributed by atoms with E-state index in [1.807, 2.05) is 12.1 Å². The Morgan fingerprint density at radius 3 is 2.50 bits per heavy atom. The molecule has 0 radical (unpaired) electrons. The fraction of sp³-hybridized carbons (Fsp3) is 0.647. The molecule has 0 aromatic heterocycles. The monoisotopic (exact) mass is 277 g/mol. The van der Waals surface area contributed by atoms with Gasteiger partial charge < -0.3 is 9.84 Å².